The third-order valence-corrected chi connectivity index (χ3v) is 5.41. The Kier molecular flexibility index (Phi) is 5.89. The Morgan fingerprint density at radius 1 is 0.931 bits per heavy atom. The van der Waals surface area contributed by atoms with Crippen LogP contribution in [0.15, 0.2) is 83.8 Å². The zero-order valence-corrected chi connectivity index (χ0v) is 15.9. The second kappa shape index (κ2) is 8.53. The largest absolute Gasteiger partial charge is 0.348 e. The predicted molar refractivity (Wildman–Crippen MR) is 108 cm³/mol. The van der Waals surface area contributed by atoms with E-state index < -0.39 is 14.9 Å². The molecule has 0 saturated heterocycles. The molecule has 2 N–H and O–H groups in total. The highest BCUT2D eigenvalue weighted by Crippen LogP contribution is 2.20. The maximum atomic E-state index is 12.4. The number of hydrogen-bond acceptors (Lipinski definition) is 5. The topological polar surface area (TPSA) is 118 Å². The summed E-state index contributed by atoms with van der Waals surface area (Å²) in [5, 5.41) is 13.6. The fraction of sp³-hybridized carbons (Fsp3) is 0.0500. The first-order chi connectivity index (χ1) is 13.8. The summed E-state index contributed by atoms with van der Waals surface area (Å²) in [6, 6.07) is 20.1. The molecule has 3 rings (SSSR count). The average Bonchev–Trinajstić information content (AvgIpc) is 2.73. The number of hydrogen-bond donors (Lipinski definition) is 2. The number of sulfonamides is 1. The summed E-state index contributed by atoms with van der Waals surface area (Å²) >= 11 is 0. The predicted octanol–water partition coefficient (Wildman–Crippen LogP) is 3.33. The van der Waals surface area contributed by atoms with E-state index in [1.807, 2.05) is 30.3 Å². The molecule has 0 bridgehead atoms. The van der Waals surface area contributed by atoms with Gasteiger partial charge in [-0.2, -0.15) is 0 Å². The van der Waals surface area contributed by atoms with Crippen LogP contribution in [0.4, 0.5) is 11.4 Å². The van der Waals surface area contributed by atoms with Gasteiger partial charge in [0.05, 0.1) is 9.82 Å². The maximum Gasteiger partial charge on any atom is 0.270 e. The molecule has 29 heavy (non-hydrogen) atoms. The average molecular weight is 411 g/mol. The number of nitro benzene ring substituents is 1. The molecule has 0 aromatic heterocycles. The minimum Gasteiger partial charge on any atom is -0.348 e. The lowest BCUT2D eigenvalue weighted by Gasteiger charge is -2.09. The highest BCUT2D eigenvalue weighted by Gasteiger charge is 2.18. The van der Waals surface area contributed by atoms with Gasteiger partial charge in [0.25, 0.3) is 21.6 Å². The summed E-state index contributed by atoms with van der Waals surface area (Å²) < 4.78 is 27.2. The number of nitrogens with zero attached hydrogens (tertiary/aromatic N) is 1. The third-order valence-electron chi connectivity index (χ3n) is 4.03. The lowest BCUT2D eigenvalue weighted by atomic mass is 10.2. The van der Waals surface area contributed by atoms with Crippen molar-refractivity contribution >= 4 is 27.3 Å². The van der Waals surface area contributed by atoms with Crippen LogP contribution in [0, 0.1) is 10.1 Å². The van der Waals surface area contributed by atoms with Gasteiger partial charge in [-0.05, 0) is 35.9 Å². The monoisotopic (exact) mass is 411 g/mol. The molecule has 0 radical (unpaired) electrons. The minimum absolute atomic E-state index is 0.226. The second-order valence-corrected chi connectivity index (χ2v) is 7.79. The van der Waals surface area contributed by atoms with E-state index in [9.17, 15) is 23.3 Å². The molecule has 0 aliphatic rings. The Balaban J connectivity index is 1.67. The van der Waals surface area contributed by atoms with E-state index >= 15 is 0 Å². The quantitative estimate of drug-likeness (QED) is 0.457. The molecule has 3 aromatic carbocycles. The van der Waals surface area contributed by atoms with E-state index in [1.165, 1.54) is 42.5 Å². The summed E-state index contributed by atoms with van der Waals surface area (Å²) in [7, 11) is -4.00. The third kappa shape index (κ3) is 5.17. The lowest BCUT2D eigenvalue weighted by molar-refractivity contribution is -0.385. The number of amides is 1. The van der Waals surface area contributed by atoms with E-state index in [0.717, 1.165) is 11.6 Å². The second-order valence-electron chi connectivity index (χ2n) is 6.11. The number of carbonyl (C=O) groups excluding carboxylic acids is 1. The lowest BCUT2D eigenvalue weighted by Crippen LogP contribution is -2.22. The van der Waals surface area contributed by atoms with E-state index in [0.29, 0.717) is 12.1 Å². The van der Waals surface area contributed by atoms with E-state index in [2.05, 4.69) is 10.0 Å². The van der Waals surface area contributed by atoms with Gasteiger partial charge in [-0.1, -0.05) is 36.4 Å². The van der Waals surface area contributed by atoms with Crippen LogP contribution in [-0.2, 0) is 16.6 Å². The van der Waals surface area contributed by atoms with Crippen molar-refractivity contribution in [1.29, 1.82) is 0 Å². The van der Waals surface area contributed by atoms with Gasteiger partial charge in [0, 0.05) is 29.9 Å². The van der Waals surface area contributed by atoms with Crippen molar-refractivity contribution in [2.75, 3.05) is 4.72 Å². The molecule has 0 saturated carbocycles. The molecule has 0 spiro atoms. The first-order valence-electron chi connectivity index (χ1n) is 8.54. The number of benzene rings is 3. The number of anilines is 1. The van der Waals surface area contributed by atoms with Crippen molar-refractivity contribution < 1.29 is 18.1 Å². The molecule has 148 valence electrons. The van der Waals surface area contributed by atoms with Crippen LogP contribution < -0.4 is 10.0 Å². The summed E-state index contributed by atoms with van der Waals surface area (Å²) in [6.45, 7) is 0.376. The zero-order valence-electron chi connectivity index (χ0n) is 15.1. The van der Waals surface area contributed by atoms with Gasteiger partial charge in [-0.25, -0.2) is 8.42 Å². The Morgan fingerprint density at radius 3 is 2.28 bits per heavy atom. The first kappa shape index (κ1) is 20.0. The van der Waals surface area contributed by atoms with Crippen LogP contribution in [0.5, 0.6) is 0 Å². The van der Waals surface area contributed by atoms with Crippen LogP contribution in [0.25, 0.3) is 0 Å². The van der Waals surface area contributed by atoms with Crippen LogP contribution in [-0.4, -0.2) is 19.2 Å². The van der Waals surface area contributed by atoms with Gasteiger partial charge in [0.15, 0.2) is 0 Å². The Labute approximate surface area is 167 Å². The Hall–Kier alpha value is -3.72. The van der Waals surface area contributed by atoms with Crippen LogP contribution in [0.1, 0.15) is 15.9 Å². The van der Waals surface area contributed by atoms with E-state index in [-0.39, 0.29) is 22.2 Å². The van der Waals surface area contributed by atoms with Crippen molar-refractivity contribution in [1.82, 2.24) is 5.32 Å². The van der Waals surface area contributed by atoms with Crippen molar-refractivity contribution in [3.8, 4) is 0 Å². The number of non-ortho nitro benzene ring substituents is 1. The van der Waals surface area contributed by atoms with Gasteiger partial charge in [-0.15, -0.1) is 0 Å². The fourth-order valence-corrected chi connectivity index (χ4v) is 3.65. The molecule has 9 heteroatoms. The zero-order chi connectivity index (χ0) is 20.9. The van der Waals surface area contributed by atoms with Gasteiger partial charge < -0.3 is 5.32 Å². The molecule has 0 unspecified atom stereocenters. The van der Waals surface area contributed by atoms with Crippen LogP contribution in [0.3, 0.4) is 0 Å². The number of nitro groups is 1. The first-order valence-corrected chi connectivity index (χ1v) is 10.0. The SMILES string of the molecule is O=C(NCc1ccccc1)c1ccc(NS(=O)(=O)c2cccc([N+](=O)[O-])c2)cc1. The van der Waals surface area contributed by atoms with Crippen molar-refractivity contribution in [2.24, 2.45) is 0 Å². The highest BCUT2D eigenvalue weighted by molar-refractivity contribution is 7.92. The highest BCUT2D eigenvalue weighted by atomic mass is 32.2. The van der Waals surface area contributed by atoms with Crippen molar-refractivity contribution in [2.45, 2.75) is 11.4 Å². The molecule has 0 aliphatic carbocycles. The summed E-state index contributed by atoms with van der Waals surface area (Å²) in [5.41, 5.74) is 1.25. The molecule has 0 aliphatic heterocycles. The number of carbonyl (C=O) groups is 1. The van der Waals surface area contributed by atoms with Crippen molar-refractivity contribution in [3.63, 3.8) is 0 Å². The summed E-state index contributed by atoms with van der Waals surface area (Å²) in [4.78, 5) is 22.2. The molecule has 3 aromatic rings. The molecular formula is C20H17N3O5S. The summed E-state index contributed by atoms with van der Waals surface area (Å²) in [6.07, 6.45) is 0. The standard InChI is InChI=1S/C20H17N3O5S/c24-20(21-14-15-5-2-1-3-6-15)16-9-11-17(12-10-16)22-29(27,28)19-8-4-7-18(13-19)23(25)26/h1-13,22H,14H2,(H,21,24). The Bertz CT molecular complexity index is 1130. The molecule has 0 fully saturated rings. The molecular weight excluding hydrogens is 394 g/mol. The maximum absolute atomic E-state index is 12.4. The molecule has 0 heterocycles. The number of nitrogens with one attached hydrogen (secondary N) is 2. The fourth-order valence-electron chi connectivity index (χ4n) is 2.55. The van der Waals surface area contributed by atoms with Gasteiger partial charge in [-0.3, -0.25) is 19.6 Å². The molecule has 1 amide bonds. The minimum atomic E-state index is -4.00. The molecule has 0 atom stereocenters. The van der Waals surface area contributed by atoms with Gasteiger partial charge in [0.1, 0.15) is 0 Å². The molecule has 8 nitrogen and oxygen atoms in total. The Morgan fingerprint density at radius 2 is 1.62 bits per heavy atom. The summed E-state index contributed by atoms with van der Waals surface area (Å²) in [5.74, 6) is -0.290. The van der Waals surface area contributed by atoms with E-state index in [1.54, 1.807) is 0 Å². The van der Waals surface area contributed by atoms with E-state index in [4.69, 9.17) is 0 Å². The van der Waals surface area contributed by atoms with Crippen molar-refractivity contribution in [3.05, 3.63) is 100 Å². The normalized spacial score (nSPS) is 10.9. The van der Waals surface area contributed by atoms with Crippen LogP contribution >= 0.6 is 0 Å². The number of rotatable bonds is 7. The van der Waals surface area contributed by atoms with Gasteiger partial charge >= 0.3 is 0 Å². The smallest absolute Gasteiger partial charge is 0.270 e. The van der Waals surface area contributed by atoms with Gasteiger partial charge in [0.2, 0.25) is 0 Å². The van der Waals surface area contributed by atoms with Crippen LogP contribution in [0.2, 0.25) is 0 Å².